The summed E-state index contributed by atoms with van der Waals surface area (Å²) in [6.45, 7) is 3.49. The largest absolute Gasteiger partial charge is 0.393 e. The van der Waals surface area contributed by atoms with E-state index in [0.717, 1.165) is 5.56 Å². The van der Waals surface area contributed by atoms with Crippen molar-refractivity contribution in [3.05, 3.63) is 42.8 Å². The van der Waals surface area contributed by atoms with E-state index in [0.29, 0.717) is 6.42 Å². The lowest BCUT2D eigenvalue weighted by atomic mass is 10.1. The molecule has 1 aromatic rings. The maximum atomic E-state index is 8.89. The average Bonchev–Trinajstić information content (AvgIpc) is 1.88. The van der Waals surface area contributed by atoms with Crippen molar-refractivity contribution >= 4 is 0 Å². The zero-order chi connectivity index (χ0) is 7.40. The summed E-state index contributed by atoms with van der Waals surface area (Å²) in [6, 6.07) is 9.83. The predicted octanol–water partition coefficient (Wildman–Crippen LogP) is 1.42. The van der Waals surface area contributed by atoms with Gasteiger partial charge in [0.15, 0.2) is 0 Å². The highest BCUT2D eigenvalue weighted by Gasteiger charge is 1.95. The van der Waals surface area contributed by atoms with Crippen LogP contribution in [0.4, 0.5) is 0 Å². The van der Waals surface area contributed by atoms with Gasteiger partial charge in [0.25, 0.3) is 0 Å². The fourth-order valence-corrected chi connectivity index (χ4v) is 0.886. The normalized spacial score (nSPS) is 13.0. The average molecular weight is 135 g/mol. The molecule has 1 radical (unpaired) electrons. The van der Waals surface area contributed by atoms with E-state index in [1.165, 1.54) is 0 Å². The van der Waals surface area contributed by atoms with Crippen LogP contribution in [0, 0.1) is 6.92 Å². The summed E-state index contributed by atoms with van der Waals surface area (Å²) in [6.07, 6.45) is 0.156. The predicted molar refractivity (Wildman–Crippen MR) is 41.5 cm³/mol. The van der Waals surface area contributed by atoms with Crippen LogP contribution in [0.1, 0.15) is 5.56 Å². The van der Waals surface area contributed by atoms with Gasteiger partial charge in [-0.25, -0.2) is 0 Å². The van der Waals surface area contributed by atoms with E-state index in [1.807, 2.05) is 30.3 Å². The smallest absolute Gasteiger partial charge is 0.0581 e. The first-order valence-electron chi connectivity index (χ1n) is 3.34. The van der Waals surface area contributed by atoms with E-state index < -0.39 is 6.10 Å². The summed E-state index contributed by atoms with van der Waals surface area (Å²) in [5, 5.41) is 8.89. The second kappa shape index (κ2) is 3.37. The van der Waals surface area contributed by atoms with Crippen molar-refractivity contribution in [3.8, 4) is 0 Å². The molecule has 1 heteroatoms. The molecule has 0 unspecified atom stereocenters. The summed E-state index contributed by atoms with van der Waals surface area (Å²) in [5.74, 6) is 0. The molecule has 1 aromatic carbocycles. The molecule has 0 saturated heterocycles. The Labute approximate surface area is 61.3 Å². The first-order chi connectivity index (χ1) is 4.79. The first kappa shape index (κ1) is 7.29. The van der Waals surface area contributed by atoms with Crippen LogP contribution in [0.3, 0.4) is 0 Å². The molecule has 0 aliphatic carbocycles. The van der Waals surface area contributed by atoms with Gasteiger partial charge < -0.3 is 5.11 Å². The lowest BCUT2D eigenvalue weighted by Crippen LogP contribution is -2.03. The van der Waals surface area contributed by atoms with Crippen molar-refractivity contribution < 1.29 is 5.11 Å². The Balaban J connectivity index is 2.59. The van der Waals surface area contributed by atoms with Crippen LogP contribution >= 0.6 is 0 Å². The first-order valence-corrected chi connectivity index (χ1v) is 3.34. The fraction of sp³-hybridized carbons (Fsp3) is 0.222. The van der Waals surface area contributed by atoms with E-state index in [9.17, 15) is 0 Å². The molecule has 1 N–H and O–H groups in total. The molecule has 10 heavy (non-hydrogen) atoms. The Hall–Kier alpha value is -0.820. The second-order valence-electron chi connectivity index (χ2n) is 2.34. The highest BCUT2D eigenvalue weighted by Crippen LogP contribution is 2.01. The quantitative estimate of drug-likeness (QED) is 0.650. The molecular weight excluding hydrogens is 124 g/mol. The molecule has 0 amide bonds. The lowest BCUT2D eigenvalue weighted by molar-refractivity contribution is 0.221. The molecule has 0 aliphatic rings. The molecular formula is C9H11O. The Morgan fingerprint density at radius 2 is 1.90 bits per heavy atom. The Morgan fingerprint density at radius 3 is 2.40 bits per heavy atom. The third-order valence-electron chi connectivity index (χ3n) is 1.31. The van der Waals surface area contributed by atoms with Gasteiger partial charge in [-0.05, 0) is 18.9 Å². The zero-order valence-electron chi connectivity index (χ0n) is 5.83. The molecule has 0 aliphatic heterocycles. The Kier molecular flexibility index (Phi) is 2.46. The lowest BCUT2D eigenvalue weighted by Gasteiger charge is -2.01. The molecule has 1 rings (SSSR count). The molecule has 0 saturated carbocycles. The van der Waals surface area contributed by atoms with Gasteiger partial charge >= 0.3 is 0 Å². The van der Waals surface area contributed by atoms with E-state index >= 15 is 0 Å². The summed E-state index contributed by atoms with van der Waals surface area (Å²) in [7, 11) is 0. The number of hydrogen-bond donors (Lipinski definition) is 1. The van der Waals surface area contributed by atoms with Gasteiger partial charge in [0, 0.05) is 0 Å². The van der Waals surface area contributed by atoms with Crippen LogP contribution in [0.2, 0.25) is 0 Å². The SMILES string of the molecule is [CH2][C@H](O)Cc1ccccc1. The summed E-state index contributed by atoms with van der Waals surface area (Å²) in [4.78, 5) is 0. The van der Waals surface area contributed by atoms with Crippen molar-refractivity contribution in [2.45, 2.75) is 12.5 Å². The van der Waals surface area contributed by atoms with Crippen LogP contribution in [-0.2, 0) is 6.42 Å². The van der Waals surface area contributed by atoms with Gasteiger partial charge in [0.1, 0.15) is 0 Å². The van der Waals surface area contributed by atoms with Crippen LogP contribution in [0.25, 0.3) is 0 Å². The van der Waals surface area contributed by atoms with Crippen molar-refractivity contribution in [1.82, 2.24) is 0 Å². The van der Waals surface area contributed by atoms with Crippen molar-refractivity contribution in [3.63, 3.8) is 0 Å². The van der Waals surface area contributed by atoms with Crippen LogP contribution < -0.4 is 0 Å². The van der Waals surface area contributed by atoms with Crippen LogP contribution in [0.5, 0.6) is 0 Å². The molecule has 1 atom stereocenters. The van der Waals surface area contributed by atoms with E-state index in [-0.39, 0.29) is 0 Å². The van der Waals surface area contributed by atoms with Gasteiger partial charge in [0.2, 0.25) is 0 Å². The number of benzene rings is 1. The van der Waals surface area contributed by atoms with Gasteiger partial charge in [-0.2, -0.15) is 0 Å². The number of aliphatic hydroxyl groups excluding tert-OH is 1. The second-order valence-corrected chi connectivity index (χ2v) is 2.34. The number of aliphatic hydroxyl groups is 1. The molecule has 0 fully saturated rings. The minimum atomic E-state index is -0.484. The zero-order valence-corrected chi connectivity index (χ0v) is 5.83. The van der Waals surface area contributed by atoms with Gasteiger partial charge in [-0.3, -0.25) is 0 Å². The van der Waals surface area contributed by atoms with Crippen LogP contribution in [0.15, 0.2) is 30.3 Å². The monoisotopic (exact) mass is 135 g/mol. The topological polar surface area (TPSA) is 20.2 Å². The molecule has 53 valence electrons. The maximum Gasteiger partial charge on any atom is 0.0581 e. The summed E-state index contributed by atoms with van der Waals surface area (Å²) in [5.41, 5.74) is 1.13. The summed E-state index contributed by atoms with van der Waals surface area (Å²) >= 11 is 0. The van der Waals surface area contributed by atoms with E-state index in [4.69, 9.17) is 5.11 Å². The molecule has 0 spiro atoms. The van der Waals surface area contributed by atoms with Crippen molar-refractivity contribution in [1.29, 1.82) is 0 Å². The minimum absolute atomic E-state index is 0.484. The van der Waals surface area contributed by atoms with Crippen molar-refractivity contribution in [2.75, 3.05) is 0 Å². The number of rotatable bonds is 2. The minimum Gasteiger partial charge on any atom is -0.393 e. The third-order valence-corrected chi connectivity index (χ3v) is 1.31. The maximum absolute atomic E-state index is 8.89. The van der Waals surface area contributed by atoms with Gasteiger partial charge in [-0.15, -0.1) is 0 Å². The molecule has 0 bridgehead atoms. The standard InChI is InChI=1S/C9H11O/c1-8(10)7-9-5-3-2-4-6-9/h2-6,8,10H,1,7H2/t8-/m0/s1. The molecule has 0 heterocycles. The van der Waals surface area contributed by atoms with Crippen molar-refractivity contribution in [2.24, 2.45) is 0 Å². The highest BCUT2D eigenvalue weighted by atomic mass is 16.3. The van der Waals surface area contributed by atoms with Crippen LogP contribution in [-0.4, -0.2) is 11.2 Å². The summed E-state index contributed by atoms with van der Waals surface area (Å²) < 4.78 is 0. The van der Waals surface area contributed by atoms with Gasteiger partial charge in [0.05, 0.1) is 6.10 Å². The third kappa shape index (κ3) is 2.19. The van der Waals surface area contributed by atoms with Gasteiger partial charge in [-0.1, -0.05) is 30.3 Å². The Bertz CT molecular complexity index is 179. The molecule has 0 aromatic heterocycles. The fourth-order valence-electron chi connectivity index (χ4n) is 0.886. The highest BCUT2D eigenvalue weighted by molar-refractivity contribution is 5.15. The Morgan fingerprint density at radius 1 is 1.30 bits per heavy atom. The number of hydrogen-bond acceptors (Lipinski definition) is 1. The van der Waals surface area contributed by atoms with E-state index in [2.05, 4.69) is 6.92 Å². The van der Waals surface area contributed by atoms with E-state index in [1.54, 1.807) is 0 Å². The molecule has 1 nitrogen and oxygen atoms in total.